The third kappa shape index (κ3) is 3.30. The van der Waals surface area contributed by atoms with Crippen molar-refractivity contribution in [2.75, 3.05) is 0 Å². The van der Waals surface area contributed by atoms with Gasteiger partial charge in [-0.3, -0.25) is 15.0 Å². The standard InChI is InChI=1S/C17H22N4O/c1-9-11(3)20-16(13(5)18-9)8-22-15(7)17-14(6)19-10(2)12(4)21-17/h7-8H2,1-6H3. The highest BCUT2D eigenvalue weighted by molar-refractivity contribution is 5.55. The van der Waals surface area contributed by atoms with Crippen LogP contribution in [0.3, 0.4) is 0 Å². The van der Waals surface area contributed by atoms with Crippen LogP contribution in [-0.4, -0.2) is 19.9 Å². The van der Waals surface area contributed by atoms with Crippen molar-refractivity contribution in [1.29, 1.82) is 0 Å². The molecule has 2 heterocycles. The predicted octanol–water partition coefficient (Wildman–Crippen LogP) is 3.30. The average Bonchev–Trinajstić information content (AvgIpc) is 2.45. The van der Waals surface area contributed by atoms with Crippen LogP contribution in [0.15, 0.2) is 6.58 Å². The molecule has 116 valence electrons. The van der Waals surface area contributed by atoms with Gasteiger partial charge in [0.25, 0.3) is 0 Å². The van der Waals surface area contributed by atoms with Crippen LogP contribution >= 0.6 is 0 Å². The van der Waals surface area contributed by atoms with Crippen molar-refractivity contribution in [3.8, 4) is 0 Å². The van der Waals surface area contributed by atoms with Gasteiger partial charge in [-0.1, -0.05) is 6.58 Å². The Bertz CT molecular complexity index is 738. The molecule has 0 aliphatic carbocycles. The molecule has 0 radical (unpaired) electrons. The Morgan fingerprint density at radius 1 is 0.727 bits per heavy atom. The summed E-state index contributed by atoms with van der Waals surface area (Å²) in [5.41, 5.74) is 6.86. The molecule has 2 aromatic heterocycles. The van der Waals surface area contributed by atoms with E-state index < -0.39 is 0 Å². The second kappa shape index (κ2) is 6.22. The van der Waals surface area contributed by atoms with E-state index in [0.29, 0.717) is 18.1 Å². The monoisotopic (exact) mass is 298 g/mol. The van der Waals surface area contributed by atoms with Gasteiger partial charge in [-0.15, -0.1) is 0 Å². The highest BCUT2D eigenvalue weighted by Crippen LogP contribution is 2.18. The Kier molecular flexibility index (Phi) is 4.54. The minimum Gasteiger partial charge on any atom is -0.486 e. The molecule has 2 aromatic rings. The Balaban J connectivity index is 2.17. The van der Waals surface area contributed by atoms with Gasteiger partial charge in [0, 0.05) is 0 Å². The zero-order valence-electron chi connectivity index (χ0n) is 14.1. The second-order valence-corrected chi connectivity index (χ2v) is 5.47. The summed E-state index contributed by atoms with van der Waals surface area (Å²) in [4.78, 5) is 18.0. The molecule has 0 aromatic carbocycles. The Morgan fingerprint density at radius 3 is 1.86 bits per heavy atom. The van der Waals surface area contributed by atoms with Crippen molar-refractivity contribution >= 4 is 5.76 Å². The molecule has 0 saturated carbocycles. The fraction of sp³-hybridized carbons (Fsp3) is 0.412. The molecule has 5 heteroatoms. The summed E-state index contributed by atoms with van der Waals surface area (Å²) in [6.07, 6.45) is 0. The summed E-state index contributed by atoms with van der Waals surface area (Å²) < 4.78 is 5.77. The molecular formula is C17H22N4O. The van der Waals surface area contributed by atoms with E-state index in [1.165, 1.54) is 0 Å². The van der Waals surface area contributed by atoms with E-state index in [0.717, 1.165) is 39.9 Å². The number of ether oxygens (including phenoxy) is 1. The highest BCUT2D eigenvalue weighted by Gasteiger charge is 2.12. The zero-order chi connectivity index (χ0) is 16.4. The lowest BCUT2D eigenvalue weighted by molar-refractivity contribution is 0.257. The first-order valence-corrected chi connectivity index (χ1v) is 7.24. The zero-order valence-corrected chi connectivity index (χ0v) is 14.1. The van der Waals surface area contributed by atoms with Crippen molar-refractivity contribution in [1.82, 2.24) is 19.9 Å². The van der Waals surface area contributed by atoms with Crippen LogP contribution in [0.5, 0.6) is 0 Å². The quantitative estimate of drug-likeness (QED) is 0.810. The number of aryl methyl sites for hydroxylation is 6. The van der Waals surface area contributed by atoms with Gasteiger partial charge < -0.3 is 4.74 Å². The van der Waals surface area contributed by atoms with E-state index in [-0.39, 0.29) is 0 Å². The highest BCUT2D eigenvalue weighted by atomic mass is 16.5. The first-order chi connectivity index (χ1) is 10.3. The summed E-state index contributed by atoms with van der Waals surface area (Å²) in [6.45, 7) is 15.9. The molecule has 0 unspecified atom stereocenters. The van der Waals surface area contributed by atoms with Crippen LogP contribution in [0, 0.1) is 41.5 Å². The molecule has 0 saturated heterocycles. The molecular weight excluding hydrogens is 276 g/mol. The van der Waals surface area contributed by atoms with Crippen LogP contribution in [0.4, 0.5) is 0 Å². The van der Waals surface area contributed by atoms with Crippen LogP contribution in [0.1, 0.15) is 45.6 Å². The van der Waals surface area contributed by atoms with Gasteiger partial charge in [0.05, 0.1) is 39.9 Å². The fourth-order valence-electron chi connectivity index (χ4n) is 2.10. The lowest BCUT2D eigenvalue weighted by Gasteiger charge is -2.13. The Hall–Kier alpha value is -2.30. The number of hydrogen-bond donors (Lipinski definition) is 0. The first kappa shape index (κ1) is 16.1. The van der Waals surface area contributed by atoms with Crippen LogP contribution in [-0.2, 0) is 11.3 Å². The van der Waals surface area contributed by atoms with Crippen molar-refractivity contribution in [2.24, 2.45) is 0 Å². The minimum atomic E-state index is 0.326. The molecule has 0 N–H and O–H groups in total. The van der Waals surface area contributed by atoms with E-state index >= 15 is 0 Å². The van der Waals surface area contributed by atoms with Crippen molar-refractivity contribution in [3.05, 3.63) is 52.1 Å². The van der Waals surface area contributed by atoms with Gasteiger partial charge in [-0.05, 0) is 41.5 Å². The summed E-state index contributed by atoms with van der Waals surface area (Å²) in [6, 6.07) is 0. The lowest BCUT2D eigenvalue weighted by Crippen LogP contribution is -2.07. The number of rotatable bonds is 4. The maximum absolute atomic E-state index is 5.77. The molecule has 0 spiro atoms. The third-order valence-corrected chi connectivity index (χ3v) is 3.71. The van der Waals surface area contributed by atoms with E-state index in [1.807, 2.05) is 41.5 Å². The number of nitrogens with zero attached hydrogens (tertiary/aromatic N) is 4. The van der Waals surface area contributed by atoms with E-state index in [9.17, 15) is 0 Å². The molecule has 0 aliphatic rings. The fourth-order valence-corrected chi connectivity index (χ4v) is 2.10. The summed E-state index contributed by atoms with van der Waals surface area (Å²) >= 11 is 0. The van der Waals surface area contributed by atoms with Gasteiger partial charge in [0.2, 0.25) is 0 Å². The molecule has 0 atom stereocenters. The summed E-state index contributed by atoms with van der Waals surface area (Å²) in [5, 5.41) is 0. The van der Waals surface area contributed by atoms with Crippen LogP contribution in [0.25, 0.3) is 5.76 Å². The molecule has 5 nitrogen and oxygen atoms in total. The topological polar surface area (TPSA) is 60.8 Å². The van der Waals surface area contributed by atoms with Crippen LogP contribution < -0.4 is 0 Å². The first-order valence-electron chi connectivity index (χ1n) is 7.24. The van der Waals surface area contributed by atoms with Gasteiger partial charge in [0.15, 0.2) is 0 Å². The maximum atomic E-state index is 5.77. The normalized spacial score (nSPS) is 10.6. The predicted molar refractivity (Wildman–Crippen MR) is 86.3 cm³/mol. The number of hydrogen-bond acceptors (Lipinski definition) is 5. The molecule has 2 rings (SSSR count). The van der Waals surface area contributed by atoms with E-state index in [1.54, 1.807) is 0 Å². The van der Waals surface area contributed by atoms with Gasteiger partial charge >= 0.3 is 0 Å². The smallest absolute Gasteiger partial charge is 0.140 e. The third-order valence-electron chi connectivity index (χ3n) is 3.71. The number of aromatic nitrogens is 4. The SMILES string of the molecule is C=C(OCc1nc(C)c(C)nc1C)c1nc(C)c(C)nc1C. The van der Waals surface area contributed by atoms with E-state index in [2.05, 4.69) is 26.5 Å². The van der Waals surface area contributed by atoms with Crippen molar-refractivity contribution in [3.63, 3.8) is 0 Å². The molecule has 22 heavy (non-hydrogen) atoms. The van der Waals surface area contributed by atoms with E-state index in [4.69, 9.17) is 4.74 Å². The molecule has 0 fully saturated rings. The van der Waals surface area contributed by atoms with Crippen LogP contribution in [0.2, 0.25) is 0 Å². The Morgan fingerprint density at radius 2 is 1.23 bits per heavy atom. The maximum Gasteiger partial charge on any atom is 0.140 e. The molecule has 0 aliphatic heterocycles. The van der Waals surface area contributed by atoms with Crippen molar-refractivity contribution in [2.45, 2.75) is 48.1 Å². The largest absolute Gasteiger partial charge is 0.486 e. The van der Waals surface area contributed by atoms with Gasteiger partial charge in [-0.2, -0.15) is 0 Å². The average molecular weight is 298 g/mol. The Labute approximate surface area is 131 Å². The summed E-state index contributed by atoms with van der Waals surface area (Å²) in [5.74, 6) is 0.507. The molecule has 0 amide bonds. The minimum absolute atomic E-state index is 0.326. The lowest BCUT2D eigenvalue weighted by atomic mass is 10.2. The van der Waals surface area contributed by atoms with Gasteiger partial charge in [-0.25, -0.2) is 4.98 Å². The van der Waals surface area contributed by atoms with Crippen molar-refractivity contribution < 1.29 is 4.74 Å². The summed E-state index contributed by atoms with van der Waals surface area (Å²) in [7, 11) is 0. The molecule has 0 bridgehead atoms. The second-order valence-electron chi connectivity index (χ2n) is 5.47. The van der Waals surface area contributed by atoms with Gasteiger partial charge in [0.1, 0.15) is 18.1 Å².